The molecule has 7 heterocycles. The third-order valence-electron chi connectivity index (χ3n) is 10.9. The van der Waals surface area contributed by atoms with E-state index in [9.17, 15) is 71.2 Å². The molecule has 0 aliphatic carbocycles. The molecule has 7 rings (SSSR count). The highest BCUT2D eigenvalue weighted by atomic mass is 16.8. The van der Waals surface area contributed by atoms with Gasteiger partial charge in [-0.3, -0.25) is 4.79 Å². The highest BCUT2D eigenvalue weighted by molar-refractivity contribution is 5.73. The summed E-state index contributed by atoms with van der Waals surface area (Å²) >= 11 is 0. The molecule has 0 aromatic heterocycles. The number of hydrogen-bond donors (Lipinski definition) is 14. The fourth-order valence-corrected chi connectivity index (χ4v) is 7.66. The Morgan fingerprint density at radius 3 is 1.77 bits per heavy atom. The van der Waals surface area contributed by atoms with Gasteiger partial charge in [0.15, 0.2) is 31.5 Å². The van der Waals surface area contributed by atoms with Gasteiger partial charge in [0.1, 0.15) is 116 Å². The molecule has 0 unspecified atom stereocenters. The standard InChI is InChI=1S/C32H53NO24/c1-7-14(38)26-22(46)29(49-7)48-6-12-16(40)19(43)21(45)31(53-12)54-24-11(5-36)52-32(23(47)27(24)57-30-20(44)18(42)15(39)9(3-34)51-30)55-25-13(33-8(2)37)28(56-26)50-10(4-35)17(25)41/h7,9-32,34-36,38-47H,3-6H2,1-2H3,(H,33,37)/t7-,9+,10+,11+,12+,13+,14-,15+,16+,17+,18-,19-,20+,21+,22+,23+,24-,25+,26+,27+,28+,29+,30+,31+,32+/m0/s1. The number of aliphatic hydroxyl groups is 13. The van der Waals surface area contributed by atoms with E-state index in [0.717, 1.165) is 6.92 Å². The molecule has 0 aromatic rings. The molecule has 25 atom stereocenters. The molecule has 330 valence electrons. The Morgan fingerprint density at radius 1 is 0.544 bits per heavy atom. The van der Waals surface area contributed by atoms with E-state index in [1.807, 2.05) is 0 Å². The van der Waals surface area contributed by atoms with Crippen molar-refractivity contribution >= 4 is 5.91 Å². The fourth-order valence-electron chi connectivity index (χ4n) is 7.66. The van der Waals surface area contributed by atoms with E-state index in [1.54, 1.807) is 0 Å². The Morgan fingerprint density at radius 2 is 1.12 bits per heavy atom. The number of fused-ring (bicyclic) bond motifs is 3. The summed E-state index contributed by atoms with van der Waals surface area (Å²) in [5.41, 5.74) is 0. The Bertz CT molecular complexity index is 1320. The maximum Gasteiger partial charge on any atom is 0.217 e. The Hall–Kier alpha value is -1.45. The van der Waals surface area contributed by atoms with Crippen molar-refractivity contribution in [2.24, 2.45) is 0 Å². The summed E-state index contributed by atoms with van der Waals surface area (Å²) in [4.78, 5) is 12.6. The third kappa shape index (κ3) is 8.98. The quantitative estimate of drug-likeness (QED) is 0.118. The number of carbonyl (C=O) groups is 1. The lowest BCUT2D eigenvalue weighted by atomic mass is 9.94. The Labute approximate surface area is 323 Å². The number of nitrogens with one attached hydrogen (secondary N) is 1. The smallest absolute Gasteiger partial charge is 0.217 e. The van der Waals surface area contributed by atoms with Crippen LogP contribution in [-0.4, -0.2) is 252 Å². The van der Waals surface area contributed by atoms with Crippen molar-refractivity contribution in [2.45, 2.75) is 167 Å². The van der Waals surface area contributed by atoms with E-state index >= 15 is 0 Å². The van der Waals surface area contributed by atoms with Crippen molar-refractivity contribution in [1.29, 1.82) is 0 Å². The molecule has 0 aromatic carbocycles. The van der Waals surface area contributed by atoms with Gasteiger partial charge in [0.05, 0.1) is 32.5 Å². The molecule has 7 aliphatic rings. The van der Waals surface area contributed by atoms with Crippen LogP contribution in [0.15, 0.2) is 0 Å². The van der Waals surface area contributed by atoms with Crippen LogP contribution in [0.2, 0.25) is 0 Å². The van der Waals surface area contributed by atoms with Gasteiger partial charge in [-0.25, -0.2) is 0 Å². The topological polar surface area (TPSA) is 384 Å². The lowest BCUT2D eigenvalue weighted by molar-refractivity contribution is -0.402. The molecule has 57 heavy (non-hydrogen) atoms. The minimum absolute atomic E-state index is 0.689. The van der Waals surface area contributed by atoms with Crippen LogP contribution in [0.3, 0.4) is 0 Å². The lowest BCUT2D eigenvalue weighted by Gasteiger charge is -2.51. The normalized spacial score (nSPS) is 53.7. The second-order valence-electron chi connectivity index (χ2n) is 14.8. The average Bonchev–Trinajstić information content (AvgIpc) is 3.18. The average molecular weight is 836 g/mol. The van der Waals surface area contributed by atoms with Gasteiger partial charge in [-0.05, 0) is 6.92 Å². The summed E-state index contributed by atoms with van der Waals surface area (Å²) in [6.45, 7) is -0.956. The summed E-state index contributed by atoms with van der Waals surface area (Å²) in [5, 5.41) is 143. The maximum absolute atomic E-state index is 12.6. The molecule has 0 radical (unpaired) electrons. The summed E-state index contributed by atoms with van der Waals surface area (Å²) in [6, 6.07) is -1.59. The van der Waals surface area contributed by atoms with Crippen LogP contribution in [0.5, 0.6) is 0 Å². The first-order valence-corrected chi connectivity index (χ1v) is 18.4. The Kier molecular flexibility index (Phi) is 14.8. The molecular weight excluding hydrogens is 782 g/mol. The SMILES string of the molecule is CC(=O)N[C@H]1[C@H]2O[C@@H]3[C@@H](O)[C@H](C)O[C@@H](OC[C@H]4O[C@H](O[C@@H]5[C@H](O[C@H]6O[C@H](CO)[C@@H](O)[C@H](O)[C@H]6O)[C@@H](O)[C@@H](O[C@H]1[C@H](O)[C@@H](CO)O2)O[C@@H]5CO)[C@H](O)[C@@H](O)[C@@H]4O)[C@@H]3O. The molecule has 25 heteroatoms. The molecule has 25 nitrogen and oxygen atoms in total. The van der Waals surface area contributed by atoms with Crippen molar-refractivity contribution in [1.82, 2.24) is 5.32 Å². The van der Waals surface area contributed by atoms with Gasteiger partial charge in [-0.15, -0.1) is 0 Å². The van der Waals surface area contributed by atoms with Gasteiger partial charge in [0.25, 0.3) is 0 Å². The van der Waals surface area contributed by atoms with E-state index in [0.29, 0.717) is 0 Å². The molecule has 7 fully saturated rings. The molecule has 0 saturated carbocycles. The first kappa shape index (κ1) is 45.1. The van der Waals surface area contributed by atoms with E-state index in [1.165, 1.54) is 6.92 Å². The summed E-state index contributed by atoms with van der Waals surface area (Å²) < 4.78 is 58.3. The van der Waals surface area contributed by atoms with Crippen molar-refractivity contribution in [3.8, 4) is 0 Å². The van der Waals surface area contributed by atoms with Crippen molar-refractivity contribution < 1.29 is 119 Å². The predicted octanol–water partition coefficient (Wildman–Crippen LogP) is -9.71. The maximum atomic E-state index is 12.6. The highest BCUT2D eigenvalue weighted by Gasteiger charge is 2.58. The number of carbonyl (C=O) groups excluding carboxylic acids is 1. The van der Waals surface area contributed by atoms with Gasteiger partial charge in [-0.2, -0.15) is 0 Å². The minimum Gasteiger partial charge on any atom is -0.394 e. The van der Waals surface area contributed by atoms with E-state index in [-0.39, 0.29) is 0 Å². The molecule has 14 N–H and O–H groups in total. The number of amides is 1. The second kappa shape index (κ2) is 18.7. The van der Waals surface area contributed by atoms with Crippen LogP contribution >= 0.6 is 0 Å². The third-order valence-corrected chi connectivity index (χ3v) is 10.9. The van der Waals surface area contributed by atoms with E-state index in [2.05, 4.69) is 5.32 Å². The Balaban J connectivity index is 1.43. The zero-order valence-electron chi connectivity index (χ0n) is 30.6. The zero-order valence-corrected chi connectivity index (χ0v) is 30.6. The van der Waals surface area contributed by atoms with Crippen LogP contribution < -0.4 is 5.32 Å². The molecule has 7 saturated heterocycles. The number of ether oxygens (including phenoxy) is 10. The number of aliphatic hydroxyl groups excluding tert-OH is 13. The van der Waals surface area contributed by atoms with Gasteiger partial charge >= 0.3 is 0 Å². The molecular formula is C32H53NO24. The first-order chi connectivity index (χ1) is 27.0. The van der Waals surface area contributed by atoms with Gasteiger partial charge < -0.3 is 119 Å². The summed E-state index contributed by atoms with van der Waals surface area (Å²) in [6.07, 6.45) is -43.1. The molecule has 7 aliphatic heterocycles. The van der Waals surface area contributed by atoms with Crippen molar-refractivity contribution in [3.05, 3.63) is 0 Å². The monoisotopic (exact) mass is 835 g/mol. The van der Waals surface area contributed by atoms with Crippen LogP contribution in [0, 0.1) is 0 Å². The number of hydrogen-bond acceptors (Lipinski definition) is 24. The first-order valence-electron chi connectivity index (χ1n) is 18.4. The fraction of sp³-hybridized carbons (Fsp3) is 0.969. The van der Waals surface area contributed by atoms with Gasteiger partial charge in [0.2, 0.25) is 5.91 Å². The molecule has 1 amide bonds. The molecule has 0 spiro atoms. The van der Waals surface area contributed by atoms with Crippen LogP contribution in [0.1, 0.15) is 13.8 Å². The van der Waals surface area contributed by atoms with E-state index < -0.39 is 186 Å². The summed E-state index contributed by atoms with van der Waals surface area (Å²) in [5.74, 6) is -0.744. The minimum atomic E-state index is -2.15. The van der Waals surface area contributed by atoms with Gasteiger partial charge in [0, 0.05) is 6.92 Å². The predicted molar refractivity (Wildman–Crippen MR) is 173 cm³/mol. The lowest BCUT2D eigenvalue weighted by Crippen LogP contribution is -2.71. The van der Waals surface area contributed by atoms with Crippen LogP contribution in [0.4, 0.5) is 0 Å². The zero-order chi connectivity index (χ0) is 41.6. The van der Waals surface area contributed by atoms with Crippen LogP contribution in [-0.2, 0) is 52.2 Å². The highest BCUT2D eigenvalue weighted by Crippen LogP contribution is 2.37. The summed E-state index contributed by atoms with van der Waals surface area (Å²) in [7, 11) is 0. The van der Waals surface area contributed by atoms with Crippen LogP contribution in [0.25, 0.3) is 0 Å². The van der Waals surface area contributed by atoms with Gasteiger partial charge in [-0.1, -0.05) is 0 Å². The molecule has 8 bridgehead atoms. The van der Waals surface area contributed by atoms with Crippen molar-refractivity contribution in [2.75, 3.05) is 26.4 Å². The second-order valence-corrected chi connectivity index (χ2v) is 14.8. The largest absolute Gasteiger partial charge is 0.394 e. The van der Waals surface area contributed by atoms with E-state index in [4.69, 9.17) is 47.4 Å². The number of rotatable bonds is 6. The van der Waals surface area contributed by atoms with Crippen molar-refractivity contribution in [3.63, 3.8) is 0 Å².